The Kier molecular flexibility index (Phi) is 4.14. The van der Waals surface area contributed by atoms with Gasteiger partial charge in [-0.3, -0.25) is 9.23 Å². The van der Waals surface area contributed by atoms with Crippen LogP contribution in [-0.2, 0) is 15.7 Å². The predicted molar refractivity (Wildman–Crippen MR) is 90.1 cm³/mol. The first-order valence-electron chi connectivity index (χ1n) is 7.55. The minimum absolute atomic E-state index is 0.250. The molecule has 0 unspecified atom stereocenters. The summed E-state index contributed by atoms with van der Waals surface area (Å²) in [5, 5.41) is 5.32. The molecule has 24 heavy (non-hydrogen) atoms. The van der Waals surface area contributed by atoms with Crippen LogP contribution >= 0.6 is 0 Å². The molecule has 8 nitrogen and oxygen atoms in total. The molecular weight excluding hydrogens is 330 g/mol. The summed E-state index contributed by atoms with van der Waals surface area (Å²) in [5.41, 5.74) is 2.04. The van der Waals surface area contributed by atoms with Gasteiger partial charge in [0.25, 0.3) is 10.1 Å². The predicted octanol–water partition coefficient (Wildman–Crippen LogP) is 2.22. The molecular formula is C15H19N5O3S. The summed E-state index contributed by atoms with van der Waals surface area (Å²) in [5.74, 6) is -0.250. The van der Waals surface area contributed by atoms with Gasteiger partial charge in [0.1, 0.15) is 12.0 Å². The fourth-order valence-corrected chi connectivity index (χ4v) is 3.19. The van der Waals surface area contributed by atoms with Gasteiger partial charge in [0.05, 0.1) is 23.2 Å². The maximum absolute atomic E-state index is 10.9. The molecule has 0 spiro atoms. The second kappa shape index (κ2) is 5.99. The summed E-state index contributed by atoms with van der Waals surface area (Å²) in [4.78, 5) is 11.6. The van der Waals surface area contributed by atoms with Crippen molar-refractivity contribution in [2.45, 2.75) is 32.2 Å². The van der Waals surface area contributed by atoms with Crippen molar-refractivity contribution < 1.29 is 13.0 Å². The van der Waals surface area contributed by atoms with Gasteiger partial charge >= 0.3 is 0 Å². The minimum Gasteiger partial charge on any atom is -0.346 e. The molecule has 9 heteroatoms. The lowest BCUT2D eigenvalue weighted by molar-refractivity contribution is 0.292. The summed E-state index contributed by atoms with van der Waals surface area (Å²) in [7, 11) is -3.93. The van der Waals surface area contributed by atoms with Gasteiger partial charge < -0.3 is 4.98 Å². The summed E-state index contributed by atoms with van der Waals surface area (Å²) < 4.78 is 32.4. The Morgan fingerprint density at radius 3 is 2.88 bits per heavy atom. The van der Waals surface area contributed by atoms with Crippen molar-refractivity contribution in [1.82, 2.24) is 24.7 Å². The van der Waals surface area contributed by atoms with Crippen LogP contribution in [0.5, 0.6) is 0 Å². The second-order valence-corrected chi connectivity index (χ2v) is 7.91. The standard InChI is InChI=1S/C15H19N5O3S/c1-15(2,5-3-7-24(21,22)23)20-9-11(8-19-20)13-12-4-6-16-14(12)18-10-17-13/h4,6,8-10H,3,5,7H2,1-2H3,(H,16,17,18)(H,21,22,23). The van der Waals surface area contributed by atoms with Crippen LogP contribution in [0.2, 0.25) is 0 Å². The van der Waals surface area contributed by atoms with Crippen LogP contribution in [-0.4, -0.2) is 43.5 Å². The van der Waals surface area contributed by atoms with Gasteiger partial charge in [-0.05, 0) is 32.8 Å². The van der Waals surface area contributed by atoms with E-state index in [1.807, 2.05) is 32.3 Å². The molecule has 0 atom stereocenters. The third-order valence-electron chi connectivity index (χ3n) is 4.02. The highest BCUT2D eigenvalue weighted by Crippen LogP contribution is 2.27. The van der Waals surface area contributed by atoms with E-state index in [0.29, 0.717) is 12.8 Å². The Morgan fingerprint density at radius 1 is 1.33 bits per heavy atom. The third-order valence-corrected chi connectivity index (χ3v) is 4.83. The van der Waals surface area contributed by atoms with Gasteiger partial charge in [0.2, 0.25) is 0 Å². The Balaban J connectivity index is 1.83. The molecule has 0 bridgehead atoms. The lowest BCUT2D eigenvalue weighted by Crippen LogP contribution is -2.27. The van der Waals surface area contributed by atoms with Crippen LogP contribution in [0.3, 0.4) is 0 Å². The largest absolute Gasteiger partial charge is 0.346 e. The van der Waals surface area contributed by atoms with E-state index in [4.69, 9.17) is 4.55 Å². The Morgan fingerprint density at radius 2 is 2.12 bits per heavy atom. The van der Waals surface area contributed by atoms with Crippen LogP contribution in [0.4, 0.5) is 0 Å². The van der Waals surface area contributed by atoms with E-state index in [9.17, 15) is 8.42 Å². The number of aromatic nitrogens is 5. The minimum atomic E-state index is -3.93. The smallest absolute Gasteiger partial charge is 0.264 e. The van der Waals surface area contributed by atoms with E-state index in [1.165, 1.54) is 6.33 Å². The van der Waals surface area contributed by atoms with E-state index < -0.39 is 10.1 Å². The lowest BCUT2D eigenvalue weighted by Gasteiger charge is -2.25. The maximum atomic E-state index is 10.9. The first-order chi connectivity index (χ1) is 11.3. The molecule has 128 valence electrons. The number of hydrogen-bond acceptors (Lipinski definition) is 5. The zero-order valence-electron chi connectivity index (χ0n) is 13.5. The van der Waals surface area contributed by atoms with Gasteiger partial charge in [-0.1, -0.05) is 0 Å². The molecule has 3 rings (SSSR count). The Bertz CT molecular complexity index is 958. The molecule has 0 amide bonds. The SMILES string of the molecule is CC(C)(CCCS(=O)(=O)O)n1cc(-c2ncnc3[nH]ccc23)cn1. The molecule has 0 aromatic carbocycles. The molecule has 3 heterocycles. The molecule has 3 aromatic rings. The van der Waals surface area contributed by atoms with E-state index in [0.717, 1.165) is 22.3 Å². The number of rotatable bonds is 6. The average molecular weight is 349 g/mol. The summed E-state index contributed by atoms with van der Waals surface area (Å²) >= 11 is 0. The summed E-state index contributed by atoms with van der Waals surface area (Å²) in [6.07, 6.45) is 7.87. The van der Waals surface area contributed by atoms with Crippen molar-refractivity contribution in [2.75, 3.05) is 5.75 Å². The van der Waals surface area contributed by atoms with Gasteiger partial charge in [-0.25, -0.2) is 9.97 Å². The number of aromatic amines is 1. The van der Waals surface area contributed by atoms with E-state index in [2.05, 4.69) is 20.1 Å². The number of H-pyrrole nitrogens is 1. The van der Waals surface area contributed by atoms with Crippen molar-refractivity contribution in [3.05, 3.63) is 31.0 Å². The molecule has 2 N–H and O–H groups in total. The number of hydrogen-bond donors (Lipinski definition) is 2. The normalized spacial score (nSPS) is 12.8. The molecule has 0 aliphatic carbocycles. The first kappa shape index (κ1) is 16.6. The van der Waals surface area contributed by atoms with Crippen molar-refractivity contribution >= 4 is 21.2 Å². The van der Waals surface area contributed by atoms with E-state index in [-0.39, 0.29) is 11.3 Å². The van der Waals surface area contributed by atoms with Gasteiger partial charge in [-0.15, -0.1) is 0 Å². The molecule has 0 saturated heterocycles. The zero-order valence-corrected chi connectivity index (χ0v) is 14.3. The second-order valence-electron chi connectivity index (χ2n) is 6.34. The molecule has 0 saturated carbocycles. The summed E-state index contributed by atoms with van der Waals surface area (Å²) in [6, 6.07) is 1.92. The third kappa shape index (κ3) is 3.46. The molecule has 3 aromatic heterocycles. The van der Waals surface area contributed by atoms with Crippen molar-refractivity contribution in [2.24, 2.45) is 0 Å². The highest BCUT2D eigenvalue weighted by Gasteiger charge is 2.23. The quantitative estimate of drug-likeness (QED) is 0.660. The molecule has 0 aliphatic rings. The molecule has 0 aliphatic heterocycles. The van der Waals surface area contributed by atoms with E-state index in [1.54, 1.807) is 10.9 Å². The number of fused-ring (bicyclic) bond motifs is 1. The highest BCUT2D eigenvalue weighted by molar-refractivity contribution is 7.85. The Hall–Kier alpha value is -2.26. The topological polar surface area (TPSA) is 114 Å². The first-order valence-corrected chi connectivity index (χ1v) is 9.16. The van der Waals surface area contributed by atoms with Crippen LogP contribution in [0, 0.1) is 0 Å². The monoisotopic (exact) mass is 349 g/mol. The van der Waals surface area contributed by atoms with Crippen LogP contribution in [0.25, 0.3) is 22.3 Å². The van der Waals surface area contributed by atoms with Gasteiger partial charge in [0.15, 0.2) is 0 Å². The lowest BCUT2D eigenvalue weighted by atomic mass is 9.99. The number of nitrogens with one attached hydrogen (secondary N) is 1. The van der Waals surface area contributed by atoms with Crippen molar-refractivity contribution in [1.29, 1.82) is 0 Å². The highest BCUT2D eigenvalue weighted by atomic mass is 32.2. The fourth-order valence-electron chi connectivity index (χ4n) is 2.68. The zero-order chi connectivity index (χ0) is 17.4. The molecule has 0 radical (unpaired) electrons. The van der Waals surface area contributed by atoms with Crippen LogP contribution in [0.1, 0.15) is 26.7 Å². The van der Waals surface area contributed by atoms with Crippen molar-refractivity contribution in [3.8, 4) is 11.3 Å². The van der Waals surface area contributed by atoms with E-state index >= 15 is 0 Å². The van der Waals surface area contributed by atoms with Crippen LogP contribution in [0.15, 0.2) is 31.0 Å². The van der Waals surface area contributed by atoms with Gasteiger partial charge in [-0.2, -0.15) is 13.5 Å². The molecule has 0 fully saturated rings. The summed E-state index contributed by atoms with van der Waals surface area (Å²) in [6.45, 7) is 3.94. The average Bonchev–Trinajstić information content (AvgIpc) is 3.14. The Labute approximate surface area is 139 Å². The fraction of sp³-hybridized carbons (Fsp3) is 0.400. The van der Waals surface area contributed by atoms with Crippen molar-refractivity contribution in [3.63, 3.8) is 0 Å². The number of nitrogens with zero attached hydrogens (tertiary/aromatic N) is 4. The maximum Gasteiger partial charge on any atom is 0.264 e. The van der Waals surface area contributed by atoms with Crippen LogP contribution < -0.4 is 0 Å². The van der Waals surface area contributed by atoms with Gasteiger partial charge in [0, 0.05) is 23.3 Å².